The van der Waals surface area contributed by atoms with Crippen LogP contribution in [0.1, 0.15) is 219 Å². The average molecular weight is 880 g/mol. The molecule has 0 radical (unpaired) electrons. The van der Waals surface area contributed by atoms with Crippen LogP contribution in [-0.4, -0.2) is 70.7 Å². The van der Waals surface area contributed by atoms with Crippen LogP contribution in [0.15, 0.2) is 48.6 Å². The second kappa shape index (κ2) is 45.0. The maximum Gasteiger partial charge on any atom is 0.306 e. The van der Waals surface area contributed by atoms with Crippen LogP contribution in [0.2, 0.25) is 0 Å². The fourth-order valence-corrected chi connectivity index (χ4v) is 7.63. The van der Waals surface area contributed by atoms with Crippen LogP contribution < -0.4 is 4.89 Å². The molecule has 2 unspecified atom stereocenters. The summed E-state index contributed by atoms with van der Waals surface area (Å²) in [4.78, 5) is 25.1. The van der Waals surface area contributed by atoms with Gasteiger partial charge in [0.05, 0.1) is 34.4 Å². The van der Waals surface area contributed by atoms with E-state index in [1.54, 1.807) is 0 Å². The molecule has 0 heterocycles. The molecule has 0 bridgehead atoms. The van der Waals surface area contributed by atoms with Crippen molar-refractivity contribution >= 4 is 13.8 Å². The number of carbonyl (C=O) groups excluding carboxylic acids is 1. The highest BCUT2D eigenvalue weighted by molar-refractivity contribution is 7.45. The number of rotatable bonds is 47. The maximum absolute atomic E-state index is 12.7. The first-order chi connectivity index (χ1) is 29.6. The van der Waals surface area contributed by atoms with Crippen LogP contribution in [0, 0.1) is 0 Å². The van der Waals surface area contributed by atoms with Gasteiger partial charge in [-0.2, -0.15) is 0 Å². The lowest BCUT2D eigenvalue weighted by Gasteiger charge is -2.28. The van der Waals surface area contributed by atoms with Gasteiger partial charge in [-0.05, 0) is 77.0 Å². The Morgan fingerprint density at radius 1 is 0.508 bits per heavy atom. The minimum absolute atomic E-state index is 0.0229. The molecule has 0 aromatic carbocycles. The summed E-state index contributed by atoms with van der Waals surface area (Å²) in [7, 11) is 1.35. The Labute approximate surface area is 378 Å². The van der Waals surface area contributed by atoms with Crippen LogP contribution >= 0.6 is 7.82 Å². The Hall–Kier alpha value is -1.54. The van der Waals surface area contributed by atoms with Crippen molar-refractivity contribution < 1.29 is 37.3 Å². The number of nitrogens with zero attached hydrogens (tertiary/aromatic N) is 1. The molecule has 0 rings (SSSR count). The van der Waals surface area contributed by atoms with Crippen molar-refractivity contribution in [2.45, 2.75) is 225 Å². The molecule has 0 aliphatic carbocycles. The second-order valence-electron chi connectivity index (χ2n) is 18.2. The van der Waals surface area contributed by atoms with Crippen LogP contribution in [-0.2, 0) is 27.9 Å². The smallest absolute Gasteiger partial charge is 0.306 e. The van der Waals surface area contributed by atoms with E-state index in [2.05, 4.69) is 62.5 Å². The van der Waals surface area contributed by atoms with Crippen molar-refractivity contribution in [3.63, 3.8) is 0 Å². The number of carbonyl (C=O) groups is 1. The summed E-state index contributed by atoms with van der Waals surface area (Å²) in [6.45, 7) is 5.38. The van der Waals surface area contributed by atoms with Crippen LogP contribution in [0.5, 0.6) is 0 Å². The summed E-state index contributed by atoms with van der Waals surface area (Å²) in [5.74, 6) is -0.342. The lowest BCUT2D eigenvalue weighted by Crippen LogP contribution is -2.37. The Bertz CT molecular complexity index is 1120. The first-order valence-corrected chi connectivity index (χ1v) is 26.8. The van der Waals surface area contributed by atoms with E-state index in [1.165, 1.54) is 148 Å². The molecule has 0 saturated carbocycles. The van der Waals surface area contributed by atoms with Gasteiger partial charge in [-0.3, -0.25) is 9.36 Å². The Kier molecular flexibility index (Phi) is 43.9. The lowest BCUT2D eigenvalue weighted by atomic mass is 10.1. The van der Waals surface area contributed by atoms with E-state index >= 15 is 0 Å². The van der Waals surface area contributed by atoms with Gasteiger partial charge in [0, 0.05) is 13.0 Å². The number of likely N-dealkylation sites (N-methyl/N-ethyl adjacent to an activating group) is 1. The summed E-state index contributed by atoms with van der Waals surface area (Å²) < 4.78 is 34.7. The summed E-state index contributed by atoms with van der Waals surface area (Å²) in [6.07, 6.45) is 55.6. The topological polar surface area (TPSA) is 94.1 Å². The summed E-state index contributed by atoms with van der Waals surface area (Å²) in [6, 6.07) is 0. The third-order valence-electron chi connectivity index (χ3n) is 10.9. The molecule has 0 spiro atoms. The predicted molar refractivity (Wildman–Crippen MR) is 259 cm³/mol. The number of hydrogen-bond donors (Lipinski definition) is 0. The van der Waals surface area contributed by atoms with Crippen molar-refractivity contribution in [2.75, 3.05) is 54.1 Å². The Morgan fingerprint density at radius 2 is 0.902 bits per heavy atom. The van der Waals surface area contributed by atoms with E-state index < -0.39 is 13.9 Å². The summed E-state index contributed by atoms with van der Waals surface area (Å²) in [5.41, 5.74) is 0. The molecule has 61 heavy (non-hydrogen) atoms. The number of phosphoric ester groups is 1. The molecule has 0 aromatic rings. The highest BCUT2D eigenvalue weighted by Crippen LogP contribution is 2.38. The van der Waals surface area contributed by atoms with Gasteiger partial charge in [0.2, 0.25) is 0 Å². The molecule has 8 nitrogen and oxygen atoms in total. The molecule has 0 saturated heterocycles. The third kappa shape index (κ3) is 49.3. The zero-order valence-corrected chi connectivity index (χ0v) is 41.5. The number of allylic oxidation sites excluding steroid dienone is 8. The first-order valence-electron chi connectivity index (χ1n) is 25.4. The van der Waals surface area contributed by atoms with Gasteiger partial charge in [-0.1, -0.05) is 184 Å². The van der Waals surface area contributed by atoms with E-state index in [9.17, 15) is 14.3 Å². The van der Waals surface area contributed by atoms with E-state index in [4.69, 9.17) is 18.5 Å². The number of quaternary nitrogens is 1. The van der Waals surface area contributed by atoms with E-state index in [0.29, 0.717) is 24.1 Å². The van der Waals surface area contributed by atoms with E-state index in [1.807, 2.05) is 21.1 Å². The van der Waals surface area contributed by atoms with E-state index in [0.717, 1.165) is 51.4 Å². The molecule has 0 aromatic heterocycles. The molecular formula is C52H98NO7P. The number of esters is 1. The number of hydrogen-bond acceptors (Lipinski definition) is 7. The molecule has 0 fully saturated rings. The zero-order valence-electron chi connectivity index (χ0n) is 40.6. The number of phosphoric acid groups is 1. The minimum atomic E-state index is -4.53. The van der Waals surface area contributed by atoms with Crippen molar-refractivity contribution in [3.8, 4) is 0 Å². The molecular weight excluding hydrogens is 782 g/mol. The lowest BCUT2D eigenvalue weighted by molar-refractivity contribution is -0.870. The molecule has 2 atom stereocenters. The zero-order chi connectivity index (χ0) is 44.8. The SMILES string of the molecule is CCCCC/C=C\C/C=C\CCCCCCCCCC(=O)OC(COCCCCCCCCCCCC/C=C\C/C=C\CCCCCCC)COP(=O)([O-])OCC[N+](C)(C)C. The Morgan fingerprint density at radius 3 is 1.36 bits per heavy atom. The van der Waals surface area contributed by atoms with Gasteiger partial charge in [0.15, 0.2) is 0 Å². The van der Waals surface area contributed by atoms with Gasteiger partial charge in [-0.15, -0.1) is 0 Å². The molecule has 0 aliphatic heterocycles. The normalized spacial score (nSPS) is 14.0. The molecule has 358 valence electrons. The van der Waals surface area contributed by atoms with Crippen molar-refractivity contribution in [2.24, 2.45) is 0 Å². The largest absolute Gasteiger partial charge is 0.756 e. The molecule has 9 heteroatoms. The third-order valence-corrected chi connectivity index (χ3v) is 11.8. The summed E-state index contributed by atoms with van der Waals surface area (Å²) >= 11 is 0. The highest BCUT2D eigenvalue weighted by Gasteiger charge is 2.20. The molecule has 0 aliphatic rings. The van der Waals surface area contributed by atoms with Gasteiger partial charge < -0.3 is 27.9 Å². The van der Waals surface area contributed by atoms with Gasteiger partial charge in [-0.25, -0.2) is 0 Å². The second-order valence-corrected chi connectivity index (χ2v) is 19.6. The monoisotopic (exact) mass is 880 g/mol. The van der Waals surface area contributed by atoms with Gasteiger partial charge in [0.25, 0.3) is 7.82 Å². The molecule has 0 N–H and O–H groups in total. The molecule has 0 amide bonds. The van der Waals surface area contributed by atoms with Crippen molar-refractivity contribution in [3.05, 3.63) is 48.6 Å². The maximum atomic E-state index is 12.7. The van der Waals surface area contributed by atoms with E-state index in [-0.39, 0.29) is 25.8 Å². The van der Waals surface area contributed by atoms with Crippen molar-refractivity contribution in [1.29, 1.82) is 0 Å². The quantitative estimate of drug-likeness (QED) is 0.0198. The van der Waals surface area contributed by atoms with Crippen molar-refractivity contribution in [1.82, 2.24) is 0 Å². The fourth-order valence-electron chi connectivity index (χ4n) is 6.90. The van der Waals surface area contributed by atoms with Gasteiger partial charge in [0.1, 0.15) is 19.3 Å². The van der Waals surface area contributed by atoms with Gasteiger partial charge >= 0.3 is 5.97 Å². The van der Waals surface area contributed by atoms with Crippen LogP contribution in [0.3, 0.4) is 0 Å². The average Bonchev–Trinajstić information content (AvgIpc) is 3.22. The number of ether oxygens (including phenoxy) is 2. The van der Waals surface area contributed by atoms with Crippen LogP contribution in [0.25, 0.3) is 0 Å². The standard InChI is InChI=1S/C52H98NO7P/c1-6-8-10-12-14-16-18-20-22-24-25-26-27-28-30-32-34-36-38-40-42-44-47-57-49-51(50-59-61(55,56)58-48-46-53(3,4)5)60-52(54)45-43-41-39-37-35-33-31-29-23-21-19-17-15-13-11-9-7-2/h15,17-18,20-21,23-25,51H,6-14,16,19,22,26-50H2,1-5H3/b17-15-,20-18-,23-21-,25-24-. The Balaban J connectivity index is 4.15. The predicted octanol–water partition coefficient (Wildman–Crippen LogP) is 14.9. The fraction of sp³-hybridized carbons (Fsp3) is 0.827. The minimum Gasteiger partial charge on any atom is -0.756 e. The first kappa shape index (κ1) is 59.5. The summed E-state index contributed by atoms with van der Waals surface area (Å²) in [5, 5.41) is 0. The van der Waals surface area contributed by atoms with Crippen LogP contribution in [0.4, 0.5) is 0 Å². The highest BCUT2D eigenvalue weighted by atomic mass is 31.2. The number of unbranched alkanes of at least 4 members (excludes halogenated alkanes) is 25.